The number of rotatable bonds is 3. The highest BCUT2D eigenvalue weighted by atomic mass is 16.5. The Kier molecular flexibility index (Phi) is 4.36. The van der Waals surface area contributed by atoms with E-state index in [-0.39, 0.29) is 5.91 Å². The van der Waals surface area contributed by atoms with Crippen LogP contribution in [-0.4, -0.2) is 25.7 Å². The van der Waals surface area contributed by atoms with E-state index in [9.17, 15) is 4.79 Å². The standard InChI is InChI=1S/C17H23NO2/c19-17(18-11-13-4-3-9-20-12-13)16-8-7-14-5-1-2-6-15(14)10-16/h7-8,10,13H,1-6,9,11-12H2,(H,18,19)/t13-/m1/s1. The van der Waals surface area contributed by atoms with E-state index in [1.54, 1.807) is 0 Å². The number of ether oxygens (including phenoxy) is 1. The number of carbonyl (C=O) groups is 1. The van der Waals surface area contributed by atoms with Crippen LogP contribution in [0.2, 0.25) is 0 Å². The van der Waals surface area contributed by atoms with Crippen LogP contribution in [0.1, 0.15) is 47.2 Å². The zero-order valence-electron chi connectivity index (χ0n) is 12.0. The van der Waals surface area contributed by atoms with E-state index in [0.717, 1.165) is 51.0 Å². The minimum absolute atomic E-state index is 0.0592. The molecule has 2 aliphatic rings. The Balaban J connectivity index is 1.59. The molecule has 1 heterocycles. The molecule has 0 saturated carbocycles. The third kappa shape index (κ3) is 3.21. The second-order valence-electron chi connectivity index (χ2n) is 5.98. The van der Waals surface area contributed by atoms with Gasteiger partial charge in [0.1, 0.15) is 0 Å². The molecule has 0 unspecified atom stereocenters. The van der Waals surface area contributed by atoms with E-state index < -0.39 is 0 Å². The lowest BCUT2D eigenvalue weighted by Gasteiger charge is -2.22. The van der Waals surface area contributed by atoms with Gasteiger partial charge in [-0.05, 0) is 67.7 Å². The molecule has 1 amide bonds. The zero-order valence-corrected chi connectivity index (χ0v) is 12.0. The Labute approximate surface area is 120 Å². The molecular weight excluding hydrogens is 250 g/mol. The Morgan fingerprint density at radius 3 is 2.85 bits per heavy atom. The summed E-state index contributed by atoms with van der Waals surface area (Å²) in [6.45, 7) is 2.38. The molecule has 1 aromatic rings. The number of nitrogens with one attached hydrogen (secondary N) is 1. The average molecular weight is 273 g/mol. The number of amides is 1. The van der Waals surface area contributed by atoms with Gasteiger partial charge in [-0.3, -0.25) is 4.79 Å². The second-order valence-corrected chi connectivity index (χ2v) is 5.98. The van der Waals surface area contributed by atoms with E-state index in [1.807, 2.05) is 6.07 Å². The van der Waals surface area contributed by atoms with Crippen LogP contribution in [0, 0.1) is 5.92 Å². The van der Waals surface area contributed by atoms with Gasteiger partial charge >= 0.3 is 0 Å². The number of hydrogen-bond acceptors (Lipinski definition) is 2. The highest BCUT2D eigenvalue weighted by Crippen LogP contribution is 2.22. The minimum atomic E-state index is 0.0592. The molecule has 1 aromatic carbocycles. The number of hydrogen-bond donors (Lipinski definition) is 1. The van der Waals surface area contributed by atoms with E-state index >= 15 is 0 Å². The predicted octanol–water partition coefficient (Wildman–Crippen LogP) is 2.72. The molecule has 1 aliphatic carbocycles. The lowest BCUT2D eigenvalue weighted by Crippen LogP contribution is -2.33. The first-order valence-electron chi connectivity index (χ1n) is 7.80. The number of aryl methyl sites for hydroxylation is 2. The summed E-state index contributed by atoms with van der Waals surface area (Å²) >= 11 is 0. The van der Waals surface area contributed by atoms with Crippen LogP contribution in [0.5, 0.6) is 0 Å². The molecule has 108 valence electrons. The van der Waals surface area contributed by atoms with E-state index in [1.165, 1.54) is 24.0 Å². The normalized spacial score (nSPS) is 22.1. The van der Waals surface area contributed by atoms with Crippen LogP contribution < -0.4 is 5.32 Å². The van der Waals surface area contributed by atoms with Crippen molar-refractivity contribution in [3.63, 3.8) is 0 Å². The van der Waals surface area contributed by atoms with Gasteiger partial charge in [-0.25, -0.2) is 0 Å². The number of carbonyl (C=O) groups excluding carboxylic acids is 1. The maximum Gasteiger partial charge on any atom is 0.251 e. The van der Waals surface area contributed by atoms with Gasteiger partial charge in [0.2, 0.25) is 0 Å². The van der Waals surface area contributed by atoms with Crippen molar-refractivity contribution < 1.29 is 9.53 Å². The number of benzene rings is 1. The van der Waals surface area contributed by atoms with E-state index in [2.05, 4.69) is 17.4 Å². The number of fused-ring (bicyclic) bond motifs is 1. The summed E-state index contributed by atoms with van der Waals surface area (Å²) < 4.78 is 5.44. The zero-order chi connectivity index (χ0) is 13.8. The molecular formula is C17H23NO2. The van der Waals surface area contributed by atoms with Gasteiger partial charge in [0.15, 0.2) is 0 Å². The van der Waals surface area contributed by atoms with E-state index in [4.69, 9.17) is 4.74 Å². The highest BCUT2D eigenvalue weighted by Gasteiger charge is 2.16. The molecule has 1 aliphatic heterocycles. The monoisotopic (exact) mass is 273 g/mol. The van der Waals surface area contributed by atoms with Gasteiger partial charge in [-0.1, -0.05) is 6.07 Å². The predicted molar refractivity (Wildman–Crippen MR) is 79.0 cm³/mol. The molecule has 0 bridgehead atoms. The third-order valence-corrected chi connectivity index (χ3v) is 4.42. The van der Waals surface area contributed by atoms with Crippen LogP contribution in [0.15, 0.2) is 18.2 Å². The summed E-state index contributed by atoms with van der Waals surface area (Å²) in [4.78, 5) is 12.2. The first-order valence-corrected chi connectivity index (χ1v) is 7.80. The topological polar surface area (TPSA) is 38.3 Å². The van der Waals surface area contributed by atoms with Gasteiger partial charge in [0, 0.05) is 18.7 Å². The van der Waals surface area contributed by atoms with Crippen LogP contribution in [0.4, 0.5) is 0 Å². The van der Waals surface area contributed by atoms with Crippen molar-refractivity contribution in [1.82, 2.24) is 5.32 Å². The van der Waals surface area contributed by atoms with Crippen molar-refractivity contribution >= 4 is 5.91 Å². The molecule has 3 heteroatoms. The fourth-order valence-corrected chi connectivity index (χ4v) is 3.18. The largest absolute Gasteiger partial charge is 0.381 e. The molecule has 0 spiro atoms. The summed E-state index contributed by atoms with van der Waals surface area (Å²) in [5.74, 6) is 0.536. The molecule has 1 saturated heterocycles. The van der Waals surface area contributed by atoms with Crippen LogP contribution >= 0.6 is 0 Å². The Morgan fingerprint density at radius 1 is 1.20 bits per heavy atom. The summed E-state index contributed by atoms with van der Waals surface area (Å²) in [5.41, 5.74) is 3.60. The van der Waals surface area contributed by atoms with Crippen molar-refractivity contribution in [1.29, 1.82) is 0 Å². The maximum atomic E-state index is 12.2. The van der Waals surface area contributed by atoms with Crippen LogP contribution in [0.25, 0.3) is 0 Å². The summed E-state index contributed by atoms with van der Waals surface area (Å²) in [6.07, 6.45) is 7.07. The van der Waals surface area contributed by atoms with Gasteiger partial charge < -0.3 is 10.1 Å². The van der Waals surface area contributed by atoms with Crippen molar-refractivity contribution in [3.05, 3.63) is 34.9 Å². The Hall–Kier alpha value is -1.35. The second kappa shape index (κ2) is 6.40. The summed E-state index contributed by atoms with van der Waals surface area (Å²) in [5, 5.41) is 3.06. The molecule has 1 N–H and O–H groups in total. The molecule has 1 atom stereocenters. The highest BCUT2D eigenvalue weighted by molar-refractivity contribution is 5.94. The molecule has 1 fully saturated rings. The van der Waals surface area contributed by atoms with Gasteiger partial charge in [0.05, 0.1) is 6.61 Å². The maximum absolute atomic E-state index is 12.2. The minimum Gasteiger partial charge on any atom is -0.381 e. The molecule has 0 aromatic heterocycles. The fraction of sp³-hybridized carbons (Fsp3) is 0.588. The first kappa shape index (κ1) is 13.6. The van der Waals surface area contributed by atoms with Crippen molar-refractivity contribution in [2.75, 3.05) is 19.8 Å². The summed E-state index contributed by atoms with van der Waals surface area (Å²) in [7, 11) is 0. The van der Waals surface area contributed by atoms with E-state index in [0.29, 0.717) is 5.92 Å². The van der Waals surface area contributed by atoms with Crippen LogP contribution in [0.3, 0.4) is 0 Å². The molecule has 3 rings (SSSR count). The smallest absolute Gasteiger partial charge is 0.251 e. The first-order chi connectivity index (χ1) is 9.83. The molecule has 3 nitrogen and oxygen atoms in total. The molecule has 20 heavy (non-hydrogen) atoms. The van der Waals surface area contributed by atoms with Crippen LogP contribution in [-0.2, 0) is 17.6 Å². The average Bonchev–Trinajstić information content (AvgIpc) is 2.53. The van der Waals surface area contributed by atoms with Crippen molar-refractivity contribution in [3.8, 4) is 0 Å². The Morgan fingerprint density at radius 2 is 2.05 bits per heavy atom. The quantitative estimate of drug-likeness (QED) is 0.919. The summed E-state index contributed by atoms with van der Waals surface area (Å²) in [6, 6.07) is 6.19. The van der Waals surface area contributed by atoms with Crippen molar-refractivity contribution in [2.45, 2.75) is 38.5 Å². The molecule has 0 radical (unpaired) electrons. The fourth-order valence-electron chi connectivity index (χ4n) is 3.18. The van der Waals surface area contributed by atoms with Gasteiger partial charge in [-0.2, -0.15) is 0 Å². The Bertz CT molecular complexity index is 478. The SMILES string of the molecule is O=C(NC[C@H]1CCCOC1)c1ccc2c(c1)CCCC2. The lowest BCUT2D eigenvalue weighted by atomic mass is 9.90. The van der Waals surface area contributed by atoms with Crippen molar-refractivity contribution in [2.24, 2.45) is 5.92 Å². The lowest BCUT2D eigenvalue weighted by molar-refractivity contribution is 0.0536. The third-order valence-electron chi connectivity index (χ3n) is 4.42. The van der Waals surface area contributed by atoms with Gasteiger partial charge in [0.25, 0.3) is 5.91 Å². The van der Waals surface area contributed by atoms with Gasteiger partial charge in [-0.15, -0.1) is 0 Å².